The van der Waals surface area contributed by atoms with E-state index in [4.69, 9.17) is 0 Å². The third kappa shape index (κ3) is 3.62. The normalized spacial score (nSPS) is 9.71. The molecule has 2 heterocycles. The quantitative estimate of drug-likeness (QED) is 0.525. The van der Waals surface area contributed by atoms with Gasteiger partial charge >= 0.3 is 0 Å². The molecule has 0 fully saturated rings. The highest BCUT2D eigenvalue weighted by Gasteiger charge is 2.12. The molecule has 0 saturated carbocycles. The Bertz CT molecular complexity index is 533. The lowest BCUT2D eigenvalue weighted by Gasteiger charge is -1.93. The van der Waals surface area contributed by atoms with Gasteiger partial charge in [0, 0.05) is 0 Å². The Kier molecular flexibility index (Phi) is 5.30. The van der Waals surface area contributed by atoms with Crippen molar-refractivity contribution in [3.63, 3.8) is 0 Å². The van der Waals surface area contributed by atoms with Crippen LogP contribution in [0.15, 0.2) is 41.2 Å². The van der Waals surface area contributed by atoms with Gasteiger partial charge < -0.3 is 17.0 Å². The monoisotopic (exact) mass is 376 g/mol. The van der Waals surface area contributed by atoms with Crippen molar-refractivity contribution in [2.75, 3.05) is 0 Å². The number of aromatic nitrogens is 2. The molecule has 3 nitrogen and oxygen atoms in total. The predicted octanol–water partition coefficient (Wildman–Crippen LogP) is -0.413. The topological polar surface area (TPSA) is 25.9 Å². The second kappa shape index (κ2) is 6.28. The van der Waals surface area contributed by atoms with Crippen LogP contribution < -0.4 is 21.5 Å². The van der Waals surface area contributed by atoms with E-state index in [2.05, 4.69) is 22.5 Å². The number of halogens is 2. The molecule has 0 radical (unpaired) electrons. The number of hydrogen-bond donors (Lipinski definition) is 0. The molecule has 0 aromatic carbocycles. The smallest absolute Gasteiger partial charge is 0.248 e. The first kappa shape index (κ1) is 14.3. The van der Waals surface area contributed by atoms with Crippen molar-refractivity contribution < 1.29 is 26.3 Å². The summed E-state index contributed by atoms with van der Waals surface area (Å²) in [6.07, 6.45) is 7.21. The molecule has 0 saturated heterocycles. The lowest BCUT2D eigenvalue weighted by atomic mass is 10.3. The van der Waals surface area contributed by atoms with Gasteiger partial charge in [-0.15, -0.1) is 11.3 Å². The predicted molar refractivity (Wildman–Crippen MR) is 67.4 cm³/mol. The molecule has 0 unspecified atom stereocenters. The minimum absolute atomic E-state index is 0. The number of hydrogen-bond acceptors (Lipinski definition) is 2. The van der Waals surface area contributed by atoms with Crippen molar-refractivity contribution in [3.8, 4) is 0 Å². The van der Waals surface area contributed by atoms with Gasteiger partial charge in [0.25, 0.3) is 0 Å². The molecule has 0 aliphatic carbocycles. The van der Waals surface area contributed by atoms with Gasteiger partial charge in [0.15, 0.2) is 6.54 Å². The molecule has 17 heavy (non-hydrogen) atoms. The van der Waals surface area contributed by atoms with Gasteiger partial charge in [-0.3, -0.25) is 4.79 Å². The molecule has 6 heteroatoms. The van der Waals surface area contributed by atoms with E-state index in [0.29, 0.717) is 6.54 Å². The summed E-state index contributed by atoms with van der Waals surface area (Å²) in [5, 5.41) is 0. The summed E-state index contributed by atoms with van der Waals surface area (Å²) in [6, 6.07) is 3.72. The molecule has 2 aromatic heterocycles. The fourth-order valence-electron chi connectivity index (χ4n) is 1.32. The van der Waals surface area contributed by atoms with Crippen molar-refractivity contribution in [3.05, 3.63) is 46.1 Å². The molecule has 0 N–H and O–H groups in total. The summed E-state index contributed by atoms with van der Waals surface area (Å²) in [6.45, 7) is 4.00. The van der Waals surface area contributed by atoms with E-state index in [9.17, 15) is 4.79 Å². The third-order valence-electron chi connectivity index (χ3n) is 2.10. The molecular weight excluding hydrogens is 368 g/mol. The van der Waals surface area contributed by atoms with Crippen LogP contribution in [0.1, 0.15) is 9.67 Å². The summed E-state index contributed by atoms with van der Waals surface area (Å²) in [4.78, 5) is 12.6. The van der Waals surface area contributed by atoms with Crippen molar-refractivity contribution in [1.82, 2.24) is 4.57 Å². The molecule has 0 spiro atoms. The summed E-state index contributed by atoms with van der Waals surface area (Å²) in [5.74, 6) is 0.113. The fourth-order valence-corrected chi connectivity index (χ4v) is 2.64. The van der Waals surface area contributed by atoms with E-state index in [0.717, 1.165) is 8.66 Å². The molecule has 0 aliphatic heterocycles. The minimum Gasteiger partial charge on any atom is -1.00 e. The molecule has 0 amide bonds. The zero-order chi connectivity index (χ0) is 11.5. The molecule has 2 aromatic rings. The standard InChI is InChI=1S/C11H10BrN2OS.BrH/c1-2-13-5-6-14(8-13)7-9(15)10-3-4-11(12)16-10;/h2-6,8H,1,7H2;1H/q+1;/p-1. The summed E-state index contributed by atoms with van der Waals surface area (Å²) in [5.41, 5.74) is 0. The second-order valence-electron chi connectivity index (χ2n) is 3.24. The van der Waals surface area contributed by atoms with E-state index in [1.54, 1.807) is 10.8 Å². The van der Waals surface area contributed by atoms with Crippen LogP contribution in [0.2, 0.25) is 0 Å². The second-order valence-corrected chi connectivity index (χ2v) is 5.71. The maximum absolute atomic E-state index is 11.9. The molecule has 0 atom stereocenters. The fraction of sp³-hybridized carbons (Fsp3) is 0.0909. The van der Waals surface area contributed by atoms with E-state index in [-0.39, 0.29) is 22.8 Å². The Morgan fingerprint density at radius 3 is 2.88 bits per heavy atom. The molecule has 90 valence electrons. The Labute approximate surface area is 122 Å². The first-order valence-corrected chi connectivity index (χ1v) is 6.27. The Hall–Kier alpha value is -0.720. The van der Waals surface area contributed by atoms with Gasteiger partial charge in [0.05, 0.1) is 14.9 Å². The van der Waals surface area contributed by atoms with Crippen molar-refractivity contribution in [2.45, 2.75) is 6.54 Å². The number of nitrogens with zero attached hydrogens (tertiary/aromatic N) is 2. The van der Waals surface area contributed by atoms with Crippen molar-refractivity contribution >= 4 is 39.2 Å². The van der Waals surface area contributed by atoms with Crippen molar-refractivity contribution in [1.29, 1.82) is 0 Å². The van der Waals surface area contributed by atoms with Crippen LogP contribution in [0.3, 0.4) is 0 Å². The van der Waals surface area contributed by atoms with Gasteiger partial charge in [-0.1, -0.05) is 6.58 Å². The molecule has 0 bridgehead atoms. The zero-order valence-electron chi connectivity index (χ0n) is 8.85. The van der Waals surface area contributed by atoms with Crippen LogP contribution >= 0.6 is 27.3 Å². The molecule has 2 rings (SSSR count). The first-order valence-electron chi connectivity index (χ1n) is 4.66. The van der Waals surface area contributed by atoms with Gasteiger partial charge in [-0.05, 0) is 28.1 Å². The Morgan fingerprint density at radius 2 is 2.35 bits per heavy atom. The maximum atomic E-state index is 11.9. The van der Waals surface area contributed by atoms with E-state index in [1.165, 1.54) is 11.3 Å². The maximum Gasteiger partial charge on any atom is 0.248 e. The van der Waals surface area contributed by atoms with Crippen LogP contribution in [0.5, 0.6) is 0 Å². The van der Waals surface area contributed by atoms with Gasteiger partial charge in [-0.2, -0.15) is 0 Å². The van der Waals surface area contributed by atoms with Crippen LogP contribution in [-0.4, -0.2) is 10.4 Å². The zero-order valence-corrected chi connectivity index (χ0v) is 12.8. The number of Topliss-reactive ketones (excluding diaryl/α,β-unsaturated/α-hetero) is 1. The average molecular weight is 378 g/mol. The Morgan fingerprint density at radius 1 is 1.59 bits per heavy atom. The minimum atomic E-state index is 0. The SMILES string of the molecule is C=Cn1cc[n+](CC(=O)c2ccc(Br)s2)c1.[Br-]. The van der Waals surface area contributed by atoms with E-state index >= 15 is 0 Å². The van der Waals surface area contributed by atoms with Gasteiger partial charge in [-0.25, -0.2) is 9.13 Å². The van der Waals surface area contributed by atoms with Crippen LogP contribution in [0, 0.1) is 0 Å². The molecular formula is C11H10Br2N2OS. The van der Waals surface area contributed by atoms with Crippen molar-refractivity contribution in [2.24, 2.45) is 0 Å². The Balaban J connectivity index is 0.00000144. The number of ketones is 1. The summed E-state index contributed by atoms with van der Waals surface area (Å²) < 4.78 is 4.61. The number of carbonyl (C=O) groups is 1. The number of carbonyl (C=O) groups excluding carboxylic acids is 1. The largest absolute Gasteiger partial charge is 1.00 e. The van der Waals surface area contributed by atoms with Gasteiger partial charge in [0.1, 0.15) is 12.4 Å². The van der Waals surface area contributed by atoms with Crippen LogP contribution in [0.25, 0.3) is 6.20 Å². The third-order valence-corrected chi connectivity index (χ3v) is 3.76. The summed E-state index contributed by atoms with van der Waals surface area (Å²) in [7, 11) is 0. The average Bonchev–Trinajstić information content (AvgIpc) is 2.87. The van der Waals surface area contributed by atoms with Crippen LogP contribution in [0.4, 0.5) is 0 Å². The van der Waals surface area contributed by atoms with Gasteiger partial charge in [0.2, 0.25) is 12.1 Å². The van der Waals surface area contributed by atoms with E-state index < -0.39 is 0 Å². The van der Waals surface area contributed by atoms with E-state index in [1.807, 2.05) is 35.4 Å². The lowest BCUT2D eigenvalue weighted by Crippen LogP contribution is -3.00. The molecule has 0 aliphatic rings. The number of thiophene rings is 1. The highest BCUT2D eigenvalue weighted by atomic mass is 79.9. The number of rotatable bonds is 4. The highest BCUT2D eigenvalue weighted by Crippen LogP contribution is 2.22. The highest BCUT2D eigenvalue weighted by molar-refractivity contribution is 9.11. The van der Waals surface area contributed by atoms with Crippen LogP contribution in [-0.2, 0) is 6.54 Å². The summed E-state index contributed by atoms with van der Waals surface area (Å²) >= 11 is 4.80. The number of imidazole rings is 1. The lowest BCUT2D eigenvalue weighted by molar-refractivity contribution is -0.682. The first-order chi connectivity index (χ1) is 7.69.